The molecule has 0 amide bonds. The summed E-state index contributed by atoms with van der Waals surface area (Å²) < 4.78 is 6.54. The molecule has 1 N–H and O–H groups in total. The summed E-state index contributed by atoms with van der Waals surface area (Å²) in [5.74, 6) is -0.240. The molecule has 2 aromatic rings. The molecule has 120 valence electrons. The van der Waals surface area contributed by atoms with Crippen molar-refractivity contribution < 1.29 is 9.53 Å². The van der Waals surface area contributed by atoms with Crippen LogP contribution in [0, 0.1) is 5.92 Å². The number of allylic oxidation sites excluding steroid dienone is 1. The van der Waals surface area contributed by atoms with Crippen LogP contribution in [0.3, 0.4) is 0 Å². The molecule has 6 nitrogen and oxygen atoms in total. The largest absolute Gasteiger partial charge is 0.465 e. The molecular formula is C16H16N2O4S. The van der Waals surface area contributed by atoms with Gasteiger partial charge in [-0.2, -0.15) is 0 Å². The SMILES string of the molecule is CC(=O)OC[C@@H]1C=C[C@H](n2cc(-c3cccs3)c(=O)[nH]c2=O)C1. The summed E-state index contributed by atoms with van der Waals surface area (Å²) in [7, 11) is 0. The monoisotopic (exact) mass is 332 g/mol. The summed E-state index contributed by atoms with van der Waals surface area (Å²) in [5, 5.41) is 1.88. The molecular weight excluding hydrogens is 316 g/mol. The first-order chi connectivity index (χ1) is 11.0. The molecule has 7 heteroatoms. The van der Waals surface area contributed by atoms with Crippen molar-refractivity contribution in [1.29, 1.82) is 0 Å². The number of esters is 1. The average Bonchev–Trinajstić information content (AvgIpc) is 3.16. The summed E-state index contributed by atoms with van der Waals surface area (Å²) in [6.45, 7) is 1.67. The van der Waals surface area contributed by atoms with Gasteiger partial charge in [-0.3, -0.25) is 19.1 Å². The van der Waals surface area contributed by atoms with Crippen molar-refractivity contribution in [1.82, 2.24) is 9.55 Å². The number of aromatic amines is 1. The molecule has 2 atom stereocenters. The number of thiophene rings is 1. The van der Waals surface area contributed by atoms with Crippen LogP contribution in [0.5, 0.6) is 0 Å². The van der Waals surface area contributed by atoms with Crippen LogP contribution in [0.15, 0.2) is 45.5 Å². The van der Waals surface area contributed by atoms with Gasteiger partial charge in [0.1, 0.15) is 0 Å². The third-order valence-corrected chi connectivity index (χ3v) is 4.67. The molecule has 0 saturated carbocycles. The third kappa shape index (κ3) is 3.34. The molecule has 0 saturated heterocycles. The van der Waals surface area contributed by atoms with Crippen LogP contribution in [0.1, 0.15) is 19.4 Å². The van der Waals surface area contributed by atoms with Crippen LogP contribution in [0.4, 0.5) is 0 Å². The number of hydrogen-bond acceptors (Lipinski definition) is 5. The predicted octanol–water partition coefficient (Wildman–Crippen LogP) is 1.95. The first-order valence-electron chi connectivity index (χ1n) is 7.25. The van der Waals surface area contributed by atoms with Gasteiger partial charge in [0.2, 0.25) is 0 Å². The van der Waals surface area contributed by atoms with E-state index < -0.39 is 5.69 Å². The number of rotatable bonds is 4. The number of nitrogens with zero attached hydrogens (tertiary/aromatic N) is 1. The van der Waals surface area contributed by atoms with Crippen molar-refractivity contribution in [3.63, 3.8) is 0 Å². The molecule has 0 radical (unpaired) electrons. The Kier molecular flexibility index (Phi) is 4.29. The van der Waals surface area contributed by atoms with Gasteiger partial charge in [-0.25, -0.2) is 4.79 Å². The summed E-state index contributed by atoms with van der Waals surface area (Å²) >= 11 is 1.45. The zero-order valence-corrected chi connectivity index (χ0v) is 13.3. The molecule has 0 aliphatic heterocycles. The van der Waals surface area contributed by atoms with Crippen molar-refractivity contribution in [3.8, 4) is 10.4 Å². The van der Waals surface area contributed by atoms with Crippen molar-refractivity contribution in [2.24, 2.45) is 5.92 Å². The van der Waals surface area contributed by atoms with Crippen LogP contribution in [-0.2, 0) is 9.53 Å². The molecule has 23 heavy (non-hydrogen) atoms. The Bertz CT molecular complexity index is 848. The highest BCUT2D eigenvalue weighted by Crippen LogP contribution is 2.28. The average molecular weight is 332 g/mol. The molecule has 0 fully saturated rings. The summed E-state index contributed by atoms with van der Waals surface area (Å²) in [4.78, 5) is 38.2. The van der Waals surface area contributed by atoms with Gasteiger partial charge < -0.3 is 4.74 Å². The molecule has 1 aliphatic carbocycles. The Hall–Kier alpha value is -2.41. The van der Waals surface area contributed by atoms with E-state index in [0.717, 1.165) is 4.88 Å². The summed E-state index contributed by atoms with van der Waals surface area (Å²) in [6, 6.07) is 3.55. The first kappa shape index (κ1) is 15.5. The Morgan fingerprint density at radius 1 is 1.43 bits per heavy atom. The number of H-pyrrole nitrogens is 1. The highest BCUT2D eigenvalue weighted by Gasteiger charge is 2.23. The maximum absolute atomic E-state index is 12.1. The predicted molar refractivity (Wildman–Crippen MR) is 87.6 cm³/mol. The lowest BCUT2D eigenvalue weighted by molar-refractivity contribution is -0.141. The quantitative estimate of drug-likeness (QED) is 0.685. The third-order valence-electron chi connectivity index (χ3n) is 3.76. The van der Waals surface area contributed by atoms with Gasteiger partial charge in [-0.15, -0.1) is 11.3 Å². The summed E-state index contributed by atoms with van der Waals surface area (Å²) in [6.07, 6.45) is 6.11. The molecule has 0 unspecified atom stereocenters. The van der Waals surface area contributed by atoms with Gasteiger partial charge in [-0.05, 0) is 17.9 Å². The number of hydrogen-bond donors (Lipinski definition) is 1. The fraction of sp³-hybridized carbons (Fsp3) is 0.312. The van der Waals surface area contributed by atoms with Gasteiger partial charge in [0.05, 0.1) is 18.2 Å². The van der Waals surface area contributed by atoms with Crippen LogP contribution in [0.2, 0.25) is 0 Å². The maximum Gasteiger partial charge on any atom is 0.328 e. The van der Waals surface area contributed by atoms with Crippen molar-refractivity contribution in [2.75, 3.05) is 6.61 Å². The fourth-order valence-electron chi connectivity index (χ4n) is 2.65. The van der Waals surface area contributed by atoms with E-state index >= 15 is 0 Å². The second-order valence-corrected chi connectivity index (χ2v) is 6.38. The van der Waals surface area contributed by atoms with Crippen LogP contribution < -0.4 is 11.2 Å². The molecule has 2 heterocycles. The van der Waals surface area contributed by atoms with Gasteiger partial charge in [0.15, 0.2) is 0 Å². The Morgan fingerprint density at radius 3 is 2.96 bits per heavy atom. The molecule has 0 bridgehead atoms. The van der Waals surface area contributed by atoms with Crippen molar-refractivity contribution >= 4 is 17.3 Å². The second-order valence-electron chi connectivity index (χ2n) is 5.44. The minimum absolute atomic E-state index is 0.0768. The number of carbonyl (C=O) groups excluding carboxylic acids is 1. The minimum atomic E-state index is -0.432. The van der Waals surface area contributed by atoms with E-state index in [9.17, 15) is 14.4 Å². The zero-order chi connectivity index (χ0) is 16.4. The van der Waals surface area contributed by atoms with Crippen molar-refractivity contribution in [2.45, 2.75) is 19.4 Å². The van der Waals surface area contributed by atoms with Gasteiger partial charge >= 0.3 is 11.7 Å². The van der Waals surface area contributed by atoms with Crippen LogP contribution in [-0.4, -0.2) is 22.1 Å². The van der Waals surface area contributed by atoms with E-state index in [4.69, 9.17) is 4.74 Å². The fourth-order valence-corrected chi connectivity index (χ4v) is 3.38. The topological polar surface area (TPSA) is 81.2 Å². The second kappa shape index (κ2) is 6.37. The Balaban J connectivity index is 1.85. The number of nitrogens with one attached hydrogen (secondary N) is 1. The lowest BCUT2D eigenvalue weighted by Gasteiger charge is -2.15. The van der Waals surface area contributed by atoms with E-state index in [1.54, 1.807) is 6.20 Å². The number of aromatic nitrogens is 2. The molecule has 3 rings (SSSR count). The van der Waals surface area contributed by atoms with E-state index in [1.807, 2.05) is 29.7 Å². The highest BCUT2D eigenvalue weighted by molar-refractivity contribution is 7.13. The smallest absolute Gasteiger partial charge is 0.328 e. The number of ether oxygens (including phenoxy) is 1. The molecule has 1 aliphatic rings. The molecule has 2 aromatic heterocycles. The highest BCUT2D eigenvalue weighted by atomic mass is 32.1. The van der Waals surface area contributed by atoms with E-state index in [-0.39, 0.29) is 23.5 Å². The van der Waals surface area contributed by atoms with Crippen LogP contribution in [0.25, 0.3) is 10.4 Å². The maximum atomic E-state index is 12.1. The first-order valence-corrected chi connectivity index (χ1v) is 8.13. The normalized spacial score (nSPS) is 19.9. The minimum Gasteiger partial charge on any atom is -0.465 e. The Labute approximate surface area is 136 Å². The van der Waals surface area contributed by atoms with Crippen LogP contribution >= 0.6 is 11.3 Å². The molecule has 0 aromatic carbocycles. The lowest BCUT2D eigenvalue weighted by Crippen LogP contribution is -2.32. The van der Waals surface area contributed by atoms with E-state index in [1.165, 1.54) is 22.8 Å². The van der Waals surface area contributed by atoms with Gasteiger partial charge in [-0.1, -0.05) is 18.2 Å². The molecule has 0 spiro atoms. The van der Waals surface area contributed by atoms with Crippen molar-refractivity contribution in [3.05, 3.63) is 56.7 Å². The van der Waals surface area contributed by atoms with Gasteiger partial charge in [0.25, 0.3) is 5.56 Å². The summed E-state index contributed by atoms with van der Waals surface area (Å²) in [5.41, 5.74) is -0.332. The van der Waals surface area contributed by atoms with Gasteiger partial charge in [0, 0.05) is 23.9 Å². The Morgan fingerprint density at radius 2 is 2.26 bits per heavy atom. The van der Waals surface area contributed by atoms with E-state index in [0.29, 0.717) is 18.6 Å². The number of carbonyl (C=O) groups is 1. The zero-order valence-electron chi connectivity index (χ0n) is 12.5. The lowest BCUT2D eigenvalue weighted by atomic mass is 10.1. The van der Waals surface area contributed by atoms with E-state index in [2.05, 4.69) is 4.98 Å². The standard InChI is InChI=1S/C16H16N2O4S/c1-10(19)22-9-11-4-5-12(7-11)18-8-13(14-3-2-6-23-14)15(20)17-16(18)21/h2-6,8,11-12H,7,9H2,1H3,(H,17,20,21)/t11-,12+/m1/s1.